The molecule has 0 aliphatic heterocycles. The number of azide groups is 1. The summed E-state index contributed by atoms with van der Waals surface area (Å²) in [7, 11) is 1.48. The number of rotatable bonds is 17. The highest BCUT2D eigenvalue weighted by atomic mass is 127. The summed E-state index contributed by atoms with van der Waals surface area (Å²) in [6.07, 6.45) is 1.33. The van der Waals surface area contributed by atoms with Crippen LogP contribution in [0.2, 0.25) is 0 Å². The number of benzene rings is 2. The van der Waals surface area contributed by atoms with Gasteiger partial charge in [-0.25, -0.2) is 9.18 Å². The summed E-state index contributed by atoms with van der Waals surface area (Å²) < 4.78 is 35.5. The van der Waals surface area contributed by atoms with Gasteiger partial charge in [0.25, 0.3) is 11.1 Å². The van der Waals surface area contributed by atoms with Crippen LogP contribution >= 0.6 is 22.6 Å². The van der Waals surface area contributed by atoms with E-state index in [2.05, 4.69) is 20.7 Å². The van der Waals surface area contributed by atoms with Crippen molar-refractivity contribution in [1.82, 2.24) is 13.7 Å². The van der Waals surface area contributed by atoms with Crippen LogP contribution in [-0.4, -0.2) is 65.8 Å². The Hall–Kier alpha value is -4.55. The molecule has 2 aromatic carbocycles. The first-order chi connectivity index (χ1) is 24.1. The number of ether oxygens (including phenoxy) is 3. The predicted octanol–water partition coefficient (Wildman–Crippen LogP) is 4.67. The lowest BCUT2D eigenvalue weighted by Gasteiger charge is -2.21. The molecular formula is C33H36FIN8O7. The second-order valence-corrected chi connectivity index (χ2v) is 12.7. The van der Waals surface area contributed by atoms with Crippen LogP contribution in [0.5, 0.6) is 0 Å². The molecule has 0 saturated heterocycles. The number of fused-ring (bicyclic) bond motifs is 1. The van der Waals surface area contributed by atoms with Gasteiger partial charge in [-0.15, -0.1) is 0 Å². The number of carbonyl (C=O) groups excluding carboxylic acids is 1. The molecule has 4 aromatic rings. The third-order valence-electron chi connectivity index (χ3n) is 7.94. The molecule has 1 aliphatic carbocycles. The Morgan fingerprint density at radius 3 is 2.40 bits per heavy atom. The standard InChI is InChI=1S/C33H36FIN8O7/c1-20-29-28(30(41(2)31(20)45)39-26-9-6-21(35)18-25(26)34)32(46)43(23-7-8-23)33(47)42(29)24-5-3-4-22(19-24)38-27(44)10-12-48-14-16-50-17-15-49-13-11-37-40-36/h3-6,9,18-19,23,39H,7-8,10-17H2,1-2H3,(H,38,44). The van der Waals surface area contributed by atoms with Crippen molar-refractivity contribution in [3.05, 3.63) is 99.1 Å². The van der Waals surface area contributed by atoms with Gasteiger partial charge in [0.15, 0.2) is 0 Å². The van der Waals surface area contributed by atoms with Crippen molar-refractivity contribution >= 4 is 56.6 Å². The molecule has 2 aromatic heterocycles. The Morgan fingerprint density at radius 1 is 1.02 bits per heavy atom. The van der Waals surface area contributed by atoms with Crippen molar-refractivity contribution in [3.63, 3.8) is 0 Å². The number of aryl methyl sites for hydroxylation is 1. The molecule has 0 unspecified atom stereocenters. The summed E-state index contributed by atoms with van der Waals surface area (Å²) >= 11 is 1.99. The Balaban J connectivity index is 1.36. The summed E-state index contributed by atoms with van der Waals surface area (Å²) in [6.45, 7) is 3.56. The van der Waals surface area contributed by atoms with E-state index in [1.54, 1.807) is 30.3 Å². The minimum Gasteiger partial charge on any atom is -0.379 e. The van der Waals surface area contributed by atoms with Gasteiger partial charge in [-0.05, 0) is 84.3 Å². The Bertz CT molecular complexity index is 2120. The van der Waals surface area contributed by atoms with Crippen LogP contribution < -0.4 is 27.4 Å². The number of carbonyl (C=O) groups is 1. The van der Waals surface area contributed by atoms with E-state index < -0.39 is 22.6 Å². The molecule has 1 saturated carbocycles. The monoisotopic (exact) mass is 802 g/mol. The zero-order valence-corrected chi connectivity index (χ0v) is 29.6. The smallest absolute Gasteiger partial charge is 0.336 e. The van der Waals surface area contributed by atoms with Gasteiger partial charge < -0.3 is 24.8 Å². The van der Waals surface area contributed by atoms with Crippen molar-refractivity contribution in [3.8, 4) is 5.69 Å². The maximum atomic E-state index is 15.0. The van der Waals surface area contributed by atoms with Gasteiger partial charge in [-0.2, -0.15) is 0 Å². The van der Waals surface area contributed by atoms with Crippen molar-refractivity contribution in [2.45, 2.75) is 32.2 Å². The van der Waals surface area contributed by atoms with E-state index in [1.807, 2.05) is 22.6 Å². The van der Waals surface area contributed by atoms with Gasteiger partial charge in [-0.1, -0.05) is 11.2 Å². The van der Waals surface area contributed by atoms with Gasteiger partial charge in [0.05, 0.1) is 63.0 Å². The Morgan fingerprint density at radius 2 is 1.72 bits per heavy atom. The van der Waals surface area contributed by atoms with Gasteiger partial charge in [0.2, 0.25) is 5.91 Å². The van der Waals surface area contributed by atoms with E-state index in [4.69, 9.17) is 19.7 Å². The molecule has 2 heterocycles. The van der Waals surface area contributed by atoms with E-state index in [0.717, 1.165) is 0 Å². The van der Waals surface area contributed by atoms with Crippen LogP contribution in [0.1, 0.15) is 30.9 Å². The van der Waals surface area contributed by atoms with Gasteiger partial charge in [0.1, 0.15) is 17.0 Å². The van der Waals surface area contributed by atoms with Crippen LogP contribution in [0.4, 0.5) is 21.6 Å². The highest BCUT2D eigenvalue weighted by Crippen LogP contribution is 2.34. The van der Waals surface area contributed by atoms with Crippen molar-refractivity contribution in [1.29, 1.82) is 0 Å². The molecule has 1 amide bonds. The molecule has 50 heavy (non-hydrogen) atoms. The molecule has 0 radical (unpaired) electrons. The SMILES string of the molecule is Cc1c(=O)n(C)c(Nc2ccc(I)cc2F)c2c(=O)n(C3CC3)c(=O)n(-c3cccc(NC(=O)CCOCCOCCOCCN=[N+]=[N-])c3)c12. The second-order valence-electron chi connectivity index (χ2n) is 11.5. The molecule has 0 spiro atoms. The molecule has 15 nitrogen and oxygen atoms in total. The van der Waals surface area contributed by atoms with Crippen LogP contribution in [0, 0.1) is 16.3 Å². The van der Waals surface area contributed by atoms with E-state index in [0.29, 0.717) is 54.2 Å². The topological polar surface area (TPSA) is 184 Å². The Kier molecular flexibility index (Phi) is 12.4. The highest BCUT2D eigenvalue weighted by molar-refractivity contribution is 14.1. The van der Waals surface area contributed by atoms with E-state index in [1.165, 1.54) is 39.8 Å². The molecule has 0 atom stereocenters. The molecule has 5 rings (SSSR count). The lowest BCUT2D eigenvalue weighted by atomic mass is 10.1. The average molecular weight is 803 g/mol. The number of nitrogens with one attached hydrogen (secondary N) is 2. The lowest BCUT2D eigenvalue weighted by molar-refractivity contribution is -0.117. The number of hydrogen-bond donors (Lipinski definition) is 2. The van der Waals surface area contributed by atoms with Crippen LogP contribution in [-0.2, 0) is 26.1 Å². The molecule has 1 fully saturated rings. The number of nitrogens with zero attached hydrogens (tertiary/aromatic N) is 6. The highest BCUT2D eigenvalue weighted by Gasteiger charge is 2.31. The van der Waals surface area contributed by atoms with Gasteiger partial charge in [0, 0.05) is 39.4 Å². The van der Waals surface area contributed by atoms with E-state index in [-0.39, 0.29) is 66.1 Å². The van der Waals surface area contributed by atoms with Crippen molar-refractivity contribution in [2.24, 2.45) is 12.2 Å². The van der Waals surface area contributed by atoms with Gasteiger partial charge >= 0.3 is 5.69 Å². The molecule has 17 heteroatoms. The number of anilines is 3. The zero-order valence-electron chi connectivity index (χ0n) is 27.5. The second kappa shape index (κ2) is 16.9. The fraction of sp³-hybridized carbons (Fsp3) is 0.394. The van der Waals surface area contributed by atoms with E-state index in [9.17, 15) is 23.6 Å². The minimum atomic E-state index is -0.619. The largest absolute Gasteiger partial charge is 0.379 e. The average Bonchev–Trinajstić information content (AvgIpc) is 3.92. The first-order valence-corrected chi connectivity index (χ1v) is 17.0. The summed E-state index contributed by atoms with van der Waals surface area (Å²) in [5.74, 6) is -0.847. The molecule has 264 valence electrons. The fourth-order valence-corrected chi connectivity index (χ4v) is 5.83. The minimum absolute atomic E-state index is 0.0503. The summed E-state index contributed by atoms with van der Waals surface area (Å²) in [5, 5.41) is 9.19. The summed E-state index contributed by atoms with van der Waals surface area (Å²) in [4.78, 5) is 57.1. The fourth-order valence-electron chi connectivity index (χ4n) is 5.38. The van der Waals surface area contributed by atoms with Crippen molar-refractivity contribution < 1.29 is 23.4 Å². The molecule has 1 aliphatic rings. The van der Waals surface area contributed by atoms with Gasteiger partial charge in [-0.3, -0.25) is 28.1 Å². The summed E-state index contributed by atoms with van der Waals surface area (Å²) in [6, 6.07) is 10.8. The molecule has 2 N–H and O–H groups in total. The molecule has 0 bridgehead atoms. The van der Waals surface area contributed by atoms with Crippen LogP contribution in [0.15, 0.2) is 62.0 Å². The maximum Gasteiger partial charge on any atom is 0.336 e. The third-order valence-corrected chi connectivity index (χ3v) is 8.61. The molecular weight excluding hydrogens is 766 g/mol. The number of amides is 1. The number of pyridine rings is 1. The summed E-state index contributed by atoms with van der Waals surface area (Å²) in [5.41, 5.74) is 7.56. The first kappa shape index (κ1) is 36.7. The van der Waals surface area contributed by atoms with E-state index >= 15 is 0 Å². The van der Waals surface area contributed by atoms with Crippen LogP contribution in [0.25, 0.3) is 27.0 Å². The predicted molar refractivity (Wildman–Crippen MR) is 194 cm³/mol. The Labute approximate surface area is 298 Å². The maximum absolute atomic E-state index is 15.0. The van der Waals surface area contributed by atoms with Crippen molar-refractivity contribution in [2.75, 3.05) is 56.8 Å². The zero-order chi connectivity index (χ0) is 35.8. The number of halogens is 2. The van der Waals surface area contributed by atoms with Crippen LogP contribution in [0.3, 0.4) is 0 Å². The quantitative estimate of drug-likeness (QED) is 0.0508. The number of hydrogen-bond acceptors (Lipinski definition) is 9. The normalized spacial score (nSPS) is 12.6. The number of aromatic nitrogens is 3. The third kappa shape index (κ3) is 8.59. The first-order valence-electron chi connectivity index (χ1n) is 15.9. The lowest BCUT2D eigenvalue weighted by Crippen LogP contribution is -2.41.